The third-order valence-electron chi connectivity index (χ3n) is 2.18. The van der Waals surface area contributed by atoms with Crippen LogP contribution in [0.5, 0.6) is 0 Å². The summed E-state index contributed by atoms with van der Waals surface area (Å²) in [6.45, 7) is 3.70. The molecule has 0 amide bonds. The maximum Gasteiger partial charge on any atom is 0.183 e. The summed E-state index contributed by atoms with van der Waals surface area (Å²) in [4.78, 5) is 15.7. The van der Waals surface area contributed by atoms with Gasteiger partial charge in [-0.15, -0.1) is 0 Å². The average Bonchev–Trinajstić information content (AvgIpc) is 2.61. The second-order valence-corrected chi connectivity index (χ2v) is 3.94. The van der Waals surface area contributed by atoms with Crippen molar-refractivity contribution in [1.82, 2.24) is 14.6 Å². The van der Waals surface area contributed by atoms with Crippen LogP contribution < -0.4 is 0 Å². The molecule has 2 heterocycles. The molecule has 0 saturated heterocycles. The van der Waals surface area contributed by atoms with E-state index in [9.17, 15) is 4.79 Å². The van der Waals surface area contributed by atoms with Crippen LogP contribution in [0.15, 0.2) is 18.5 Å². The second kappa shape index (κ2) is 3.62. The molecule has 0 aliphatic rings. The Labute approximate surface area is 91.9 Å². The van der Waals surface area contributed by atoms with Gasteiger partial charge in [-0.05, 0) is 12.1 Å². The largest absolute Gasteiger partial charge is 0.292 e. The first kappa shape index (κ1) is 10.1. The first-order valence-corrected chi connectivity index (χ1v) is 5.01. The van der Waals surface area contributed by atoms with Crippen LogP contribution >= 0.6 is 11.6 Å². The molecule has 5 heteroatoms. The summed E-state index contributed by atoms with van der Waals surface area (Å²) in [5, 5.41) is 4.36. The Kier molecular flexibility index (Phi) is 2.44. The smallest absolute Gasteiger partial charge is 0.183 e. The molecule has 0 unspecified atom stereocenters. The Hall–Kier alpha value is -1.42. The zero-order chi connectivity index (χ0) is 11.0. The molecule has 0 saturated carbocycles. The third-order valence-corrected chi connectivity index (χ3v) is 2.47. The molecule has 2 aromatic heterocycles. The Bertz CT molecular complexity index is 518. The number of aromatic nitrogens is 3. The summed E-state index contributed by atoms with van der Waals surface area (Å²) < 4.78 is 1.53. The summed E-state index contributed by atoms with van der Waals surface area (Å²) in [6, 6.07) is 3.47. The van der Waals surface area contributed by atoms with E-state index < -0.39 is 0 Å². The first-order chi connectivity index (χ1) is 7.11. The molecule has 0 N–H and O–H groups in total. The van der Waals surface area contributed by atoms with Crippen molar-refractivity contribution < 1.29 is 4.79 Å². The maximum absolute atomic E-state index is 11.8. The number of carbonyl (C=O) groups is 1. The van der Waals surface area contributed by atoms with E-state index in [1.54, 1.807) is 12.1 Å². The molecule has 0 atom stereocenters. The molecule has 4 nitrogen and oxygen atoms in total. The van der Waals surface area contributed by atoms with Crippen molar-refractivity contribution in [2.24, 2.45) is 5.92 Å². The predicted octanol–water partition coefficient (Wildman–Crippen LogP) is 2.22. The predicted molar refractivity (Wildman–Crippen MR) is 57.2 cm³/mol. The van der Waals surface area contributed by atoms with Gasteiger partial charge < -0.3 is 0 Å². The minimum absolute atomic E-state index is 0.0461. The molecular formula is C10H10ClN3O. The van der Waals surface area contributed by atoms with Crippen LogP contribution in [-0.4, -0.2) is 20.4 Å². The standard InChI is InChI=1S/C10H10ClN3O/c1-6(2)9(15)7-3-4-8-10(11)12-5-13-14(7)8/h3-6H,1-2H3. The number of halogens is 1. The molecule has 2 rings (SSSR count). The van der Waals surface area contributed by atoms with Crippen LogP contribution in [0.4, 0.5) is 0 Å². The highest BCUT2D eigenvalue weighted by Gasteiger charge is 2.16. The zero-order valence-corrected chi connectivity index (χ0v) is 9.19. The van der Waals surface area contributed by atoms with Gasteiger partial charge in [0.15, 0.2) is 10.9 Å². The Morgan fingerprint density at radius 1 is 1.47 bits per heavy atom. The van der Waals surface area contributed by atoms with Crippen molar-refractivity contribution in [3.05, 3.63) is 29.3 Å². The Morgan fingerprint density at radius 3 is 2.87 bits per heavy atom. The van der Waals surface area contributed by atoms with Gasteiger partial charge in [0, 0.05) is 5.92 Å². The van der Waals surface area contributed by atoms with Crippen LogP contribution in [0.1, 0.15) is 24.3 Å². The van der Waals surface area contributed by atoms with E-state index in [1.807, 2.05) is 13.8 Å². The van der Waals surface area contributed by atoms with Crippen LogP contribution in [0, 0.1) is 5.92 Å². The topological polar surface area (TPSA) is 47.3 Å². The molecule has 0 aliphatic heterocycles. The summed E-state index contributed by atoms with van der Waals surface area (Å²) in [5.74, 6) is -0.0124. The van der Waals surface area contributed by atoms with E-state index >= 15 is 0 Å². The van der Waals surface area contributed by atoms with Gasteiger partial charge in [-0.2, -0.15) is 5.10 Å². The molecule has 15 heavy (non-hydrogen) atoms. The van der Waals surface area contributed by atoms with Gasteiger partial charge in [-0.1, -0.05) is 25.4 Å². The Balaban J connectivity index is 2.64. The van der Waals surface area contributed by atoms with Crippen molar-refractivity contribution in [2.75, 3.05) is 0 Å². The molecule has 0 spiro atoms. The highest BCUT2D eigenvalue weighted by atomic mass is 35.5. The number of rotatable bonds is 2. The van der Waals surface area contributed by atoms with Gasteiger partial charge in [-0.25, -0.2) is 9.50 Å². The fourth-order valence-electron chi connectivity index (χ4n) is 1.39. The molecule has 0 radical (unpaired) electrons. The number of hydrogen-bond donors (Lipinski definition) is 0. The molecule has 0 fully saturated rings. The number of ketones is 1. The van der Waals surface area contributed by atoms with Crippen molar-refractivity contribution >= 4 is 22.9 Å². The van der Waals surface area contributed by atoms with E-state index in [1.165, 1.54) is 10.8 Å². The lowest BCUT2D eigenvalue weighted by atomic mass is 10.1. The molecule has 0 aromatic carbocycles. The molecule has 0 bridgehead atoms. The maximum atomic E-state index is 11.8. The van der Waals surface area contributed by atoms with Gasteiger partial charge in [0.1, 0.15) is 17.5 Å². The number of nitrogens with zero attached hydrogens (tertiary/aromatic N) is 3. The van der Waals surface area contributed by atoms with Crippen molar-refractivity contribution in [3.63, 3.8) is 0 Å². The quantitative estimate of drug-likeness (QED) is 0.734. The number of fused-ring (bicyclic) bond motifs is 1. The van der Waals surface area contributed by atoms with Gasteiger partial charge in [0.05, 0.1) is 0 Å². The number of Topliss-reactive ketones (excluding diaryl/α,β-unsaturated/α-hetero) is 1. The van der Waals surface area contributed by atoms with Crippen molar-refractivity contribution in [2.45, 2.75) is 13.8 Å². The summed E-state index contributed by atoms with van der Waals surface area (Å²) in [6.07, 6.45) is 1.34. The van der Waals surface area contributed by atoms with E-state index in [0.717, 1.165) is 0 Å². The summed E-state index contributed by atoms with van der Waals surface area (Å²) in [7, 11) is 0. The summed E-state index contributed by atoms with van der Waals surface area (Å²) >= 11 is 5.87. The molecular weight excluding hydrogens is 214 g/mol. The molecule has 2 aromatic rings. The Morgan fingerprint density at radius 2 is 2.20 bits per heavy atom. The van der Waals surface area contributed by atoms with Crippen molar-refractivity contribution in [3.8, 4) is 0 Å². The monoisotopic (exact) mass is 223 g/mol. The minimum Gasteiger partial charge on any atom is -0.292 e. The van der Waals surface area contributed by atoms with Crippen LogP contribution in [-0.2, 0) is 0 Å². The normalized spacial score (nSPS) is 11.2. The second-order valence-electron chi connectivity index (χ2n) is 3.59. The highest BCUT2D eigenvalue weighted by molar-refractivity contribution is 6.32. The lowest BCUT2D eigenvalue weighted by Crippen LogP contribution is -2.11. The van der Waals surface area contributed by atoms with E-state index in [2.05, 4.69) is 10.1 Å². The van der Waals surface area contributed by atoms with E-state index in [0.29, 0.717) is 16.4 Å². The minimum atomic E-state index is -0.0585. The number of hydrogen-bond acceptors (Lipinski definition) is 3. The zero-order valence-electron chi connectivity index (χ0n) is 8.44. The fraction of sp³-hybridized carbons (Fsp3) is 0.300. The summed E-state index contributed by atoms with van der Waals surface area (Å²) in [5.41, 5.74) is 1.20. The van der Waals surface area contributed by atoms with Crippen molar-refractivity contribution in [1.29, 1.82) is 0 Å². The average molecular weight is 224 g/mol. The molecule has 78 valence electrons. The SMILES string of the molecule is CC(C)C(=O)c1ccc2c(Cl)ncnn12. The van der Waals surface area contributed by atoms with Crippen LogP contribution in [0.2, 0.25) is 5.15 Å². The van der Waals surface area contributed by atoms with Crippen LogP contribution in [0.25, 0.3) is 5.52 Å². The van der Waals surface area contributed by atoms with E-state index in [-0.39, 0.29) is 11.7 Å². The van der Waals surface area contributed by atoms with Gasteiger partial charge in [0.25, 0.3) is 0 Å². The number of carbonyl (C=O) groups excluding carboxylic acids is 1. The van der Waals surface area contributed by atoms with Gasteiger partial charge in [-0.3, -0.25) is 4.79 Å². The fourth-order valence-corrected chi connectivity index (χ4v) is 1.57. The third kappa shape index (κ3) is 1.61. The van der Waals surface area contributed by atoms with Gasteiger partial charge >= 0.3 is 0 Å². The van der Waals surface area contributed by atoms with Crippen LogP contribution in [0.3, 0.4) is 0 Å². The van der Waals surface area contributed by atoms with E-state index in [4.69, 9.17) is 11.6 Å². The van der Waals surface area contributed by atoms with Gasteiger partial charge in [0.2, 0.25) is 0 Å². The first-order valence-electron chi connectivity index (χ1n) is 4.63. The lowest BCUT2D eigenvalue weighted by molar-refractivity contribution is 0.0932. The highest BCUT2D eigenvalue weighted by Crippen LogP contribution is 2.17. The molecule has 0 aliphatic carbocycles. The lowest BCUT2D eigenvalue weighted by Gasteiger charge is -2.03.